The Balaban J connectivity index is 1.86. The van der Waals surface area contributed by atoms with Gasteiger partial charge >= 0.3 is 15.6 Å². The zero-order valence-corrected chi connectivity index (χ0v) is 15.6. The average Bonchev–Trinajstić information content (AvgIpc) is 3.14. The highest BCUT2D eigenvalue weighted by molar-refractivity contribution is 7.46. The van der Waals surface area contributed by atoms with E-state index in [1.165, 1.54) is 17.2 Å². The van der Waals surface area contributed by atoms with Gasteiger partial charge in [0.2, 0.25) is 0 Å². The Morgan fingerprint density at radius 2 is 2.00 bits per heavy atom. The van der Waals surface area contributed by atoms with Gasteiger partial charge in [0.15, 0.2) is 11.5 Å². The first-order chi connectivity index (χ1) is 12.6. The normalized spacial score (nSPS) is 23.8. The van der Waals surface area contributed by atoms with Crippen molar-refractivity contribution in [2.75, 3.05) is 19.0 Å². The van der Waals surface area contributed by atoms with Crippen LogP contribution in [0.4, 0.5) is 5.82 Å². The van der Waals surface area contributed by atoms with Crippen LogP contribution in [0.15, 0.2) is 12.7 Å². The minimum atomic E-state index is -4.87. The maximum absolute atomic E-state index is 11.2. The number of aromatic nitrogens is 4. The number of fused-ring (bicyclic) bond motifs is 1. The summed E-state index contributed by atoms with van der Waals surface area (Å²) in [6.45, 7) is -0.630. The van der Waals surface area contributed by atoms with Gasteiger partial charge in [0.25, 0.3) is 0 Å². The van der Waals surface area contributed by atoms with Crippen molar-refractivity contribution in [3.63, 3.8) is 0 Å². The van der Waals surface area contributed by atoms with Gasteiger partial charge in [-0.3, -0.25) is 13.6 Å². The van der Waals surface area contributed by atoms with Crippen LogP contribution >= 0.6 is 15.6 Å². The number of imidazole rings is 1. The lowest BCUT2D eigenvalue weighted by Crippen LogP contribution is -2.28. The first-order valence-corrected chi connectivity index (χ1v) is 10.6. The van der Waals surface area contributed by atoms with E-state index in [1.54, 1.807) is 7.05 Å². The Morgan fingerprint density at radius 1 is 1.26 bits per heavy atom. The van der Waals surface area contributed by atoms with E-state index in [2.05, 4.69) is 24.8 Å². The third-order valence-electron chi connectivity index (χ3n) is 3.77. The fourth-order valence-electron chi connectivity index (χ4n) is 2.72. The second kappa shape index (κ2) is 7.51. The van der Waals surface area contributed by atoms with E-state index in [4.69, 9.17) is 28.8 Å². The number of phosphoric ester groups is 2. The fourth-order valence-corrected chi connectivity index (χ4v) is 3.64. The van der Waals surface area contributed by atoms with Crippen LogP contribution in [0.25, 0.3) is 11.2 Å². The highest BCUT2D eigenvalue weighted by Crippen LogP contribution is 2.45. The summed E-state index contributed by atoms with van der Waals surface area (Å²) in [6.07, 6.45) is -0.449. The summed E-state index contributed by atoms with van der Waals surface area (Å²) in [5, 5.41) is 2.86. The number of phosphoric acid groups is 2. The van der Waals surface area contributed by atoms with Crippen LogP contribution in [0.2, 0.25) is 0 Å². The van der Waals surface area contributed by atoms with E-state index in [0.717, 1.165) is 0 Å². The molecule has 3 atom stereocenters. The molecule has 3 rings (SSSR count). The van der Waals surface area contributed by atoms with E-state index in [-0.39, 0.29) is 6.42 Å². The maximum Gasteiger partial charge on any atom is 0.469 e. The Labute approximate surface area is 152 Å². The Hall–Kier alpha value is -1.47. The van der Waals surface area contributed by atoms with E-state index in [1.807, 2.05) is 0 Å². The van der Waals surface area contributed by atoms with Crippen molar-refractivity contribution in [1.82, 2.24) is 19.5 Å². The van der Waals surface area contributed by atoms with Crippen LogP contribution in [0.1, 0.15) is 12.6 Å². The molecule has 1 fully saturated rings. The number of hydrogen-bond acceptors (Lipinski definition) is 9. The molecule has 2 aromatic rings. The number of hydrogen-bond donors (Lipinski definition) is 5. The van der Waals surface area contributed by atoms with Gasteiger partial charge < -0.3 is 29.6 Å². The van der Waals surface area contributed by atoms with Gasteiger partial charge in [-0.05, 0) is 0 Å². The van der Waals surface area contributed by atoms with E-state index >= 15 is 0 Å². The summed E-state index contributed by atoms with van der Waals surface area (Å²) >= 11 is 0. The van der Waals surface area contributed by atoms with Crippen LogP contribution in [-0.2, 0) is 22.9 Å². The summed E-state index contributed by atoms with van der Waals surface area (Å²) in [6, 6.07) is 0. The molecule has 0 radical (unpaired) electrons. The Bertz CT molecular complexity index is 911. The standard InChI is InChI=1S/C11H17N5O9P2/c1-12-10-9-11(14-4-13-10)16(5-15-9)8-2-6(25-27(20,21)22)7(24-8)3-23-26(17,18)19/h4-8H,2-3H2,1H3,(H,12,13,14)(H2,17,18,19)(H2,20,21,22)/t6?,7-,8-/m1/s1. The van der Waals surface area contributed by atoms with Gasteiger partial charge in [-0.1, -0.05) is 0 Å². The Kier molecular flexibility index (Phi) is 5.64. The predicted octanol–water partition coefficient (Wildman–Crippen LogP) is -0.257. The molecule has 0 bridgehead atoms. The fraction of sp³-hybridized carbons (Fsp3) is 0.545. The van der Waals surface area contributed by atoms with E-state index in [9.17, 15) is 9.13 Å². The van der Waals surface area contributed by atoms with Crippen molar-refractivity contribution in [3.05, 3.63) is 12.7 Å². The van der Waals surface area contributed by atoms with Crippen LogP contribution < -0.4 is 5.32 Å². The molecule has 3 heterocycles. The van der Waals surface area contributed by atoms with Crippen LogP contribution in [-0.4, -0.2) is 65.0 Å². The summed E-state index contributed by atoms with van der Waals surface area (Å²) in [7, 11) is -8.02. The van der Waals surface area contributed by atoms with Crippen LogP contribution in [0.5, 0.6) is 0 Å². The molecule has 0 amide bonds. The lowest BCUT2D eigenvalue weighted by molar-refractivity contribution is -0.0417. The third kappa shape index (κ3) is 4.88. The molecule has 0 aromatic carbocycles. The van der Waals surface area contributed by atoms with E-state index < -0.39 is 40.7 Å². The van der Waals surface area contributed by atoms with E-state index in [0.29, 0.717) is 17.0 Å². The molecule has 1 aliphatic rings. The van der Waals surface area contributed by atoms with Crippen molar-refractivity contribution in [3.8, 4) is 0 Å². The Morgan fingerprint density at radius 3 is 2.63 bits per heavy atom. The molecule has 5 N–H and O–H groups in total. The van der Waals surface area contributed by atoms with Gasteiger partial charge in [0, 0.05) is 13.5 Å². The molecule has 0 saturated carbocycles. The van der Waals surface area contributed by atoms with Crippen molar-refractivity contribution < 1.29 is 42.5 Å². The number of anilines is 1. The number of ether oxygens (including phenoxy) is 1. The molecule has 2 aromatic heterocycles. The monoisotopic (exact) mass is 425 g/mol. The quantitative estimate of drug-likeness (QED) is 0.364. The third-order valence-corrected chi connectivity index (χ3v) is 4.80. The number of rotatable bonds is 7. The summed E-state index contributed by atoms with van der Waals surface area (Å²) in [4.78, 5) is 48.2. The van der Waals surface area contributed by atoms with Crippen molar-refractivity contribution in [2.45, 2.75) is 24.9 Å². The molecule has 1 unspecified atom stereocenters. The molecule has 27 heavy (non-hydrogen) atoms. The lowest BCUT2D eigenvalue weighted by atomic mass is 10.2. The van der Waals surface area contributed by atoms with Crippen LogP contribution in [0.3, 0.4) is 0 Å². The summed E-state index contributed by atoms with van der Waals surface area (Å²) in [5.41, 5.74) is 0.844. The first kappa shape index (κ1) is 20.3. The molecular formula is C11H17N5O9P2. The zero-order valence-electron chi connectivity index (χ0n) is 13.8. The second-order valence-electron chi connectivity index (χ2n) is 5.58. The molecular weight excluding hydrogens is 408 g/mol. The SMILES string of the molecule is CNc1ncnc2c1ncn2[C@H]1CC(OP(=O)(O)O)[C@@H](COP(=O)(O)O)O1. The molecule has 16 heteroatoms. The van der Waals surface area contributed by atoms with Gasteiger partial charge in [0.1, 0.15) is 30.3 Å². The molecule has 1 saturated heterocycles. The first-order valence-electron chi connectivity index (χ1n) is 7.52. The molecule has 150 valence electrons. The number of nitrogens with zero attached hydrogens (tertiary/aromatic N) is 4. The second-order valence-corrected chi connectivity index (χ2v) is 8.01. The number of nitrogens with one attached hydrogen (secondary N) is 1. The van der Waals surface area contributed by atoms with Crippen molar-refractivity contribution in [1.29, 1.82) is 0 Å². The topological polar surface area (TPSA) is 198 Å². The molecule has 0 aliphatic carbocycles. The minimum Gasteiger partial charge on any atom is -0.371 e. The summed E-state index contributed by atoms with van der Waals surface area (Å²) in [5.74, 6) is 0.473. The molecule has 14 nitrogen and oxygen atoms in total. The lowest BCUT2D eigenvalue weighted by Gasteiger charge is -2.19. The maximum atomic E-state index is 11.2. The van der Waals surface area contributed by atoms with Gasteiger partial charge in [-0.15, -0.1) is 0 Å². The highest BCUT2D eigenvalue weighted by atomic mass is 31.2. The highest BCUT2D eigenvalue weighted by Gasteiger charge is 2.42. The predicted molar refractivity (Wildman–Crippen MR) is 88.3 cm³/mol. The largest absolute Gasteiger partial charge is 0.469 e. The van der Waals surface area contributed by atoms with Gasteiger partial charge in [0.05, 0.1) is 12.9 Å². The minimum absolute atomic E-state index is 0.0371. The zero-order chi connectivity index (χ0) is 19.8. The van der Waals surface area contributed by atoms with Crippen LogP contribution in [0, 0.1) is 0 Å². The van der Waals surface area contributed by atoms with Crippen molar-refractivity contribution >= 4 is 32.6 Å². The molecule has 1 aliphatic heterocycles. The van der Waals surface area contributed by atoms with Crippen molar-refractivity contribution in [2.24, 2.45) is 0 Å². The average molecular weight is 425 g/mol. The molecule has 0 spiro atoms. The van der Waals surface area contributed by atoms with Gasteiger partial charge in [-0.25, -0.2) is 24.1 Å². The summed E-state index contributed by atoms with van der Waals surface area (Å²) < 4.78 is 38.4. The van der Waals surface area contributed by atoms with Gasteiger partial charge in [-0.2, -0.15) is 0 Å². The smallest absolute Gasteiger partial charge is 0.371 e.